The number of alkyl halides is 2. The van der Waals surface area contributed by atoms with Crippen LogP contribution in [0.2, 0.25) is 0 Å². The Hall–Kier alpha value is -2.44. The highest BCUT2D eigenvalue weighted by atomic mass is 32.1. The van der Waals surface area contributed by atoms with E-state index in [-0.39, 0.29) is 17.2 Å². The smallest absolute Gasteiger partial charge is 0.388 e. The minimum atomic E-state index is -2.92. The van der Waals surface area contributed by atoms with E-state index in [0.29, 0.717) is 43.1 Å². The maximum absolute atomic E-state index is 12.8. The molecule has 180 valence electrons. The standard InChI is InChI=1S/C24H31F2N3O3S/c1-5-6-9-24(21(30)31)11-16(23(2,3)4)13-29(15-24)14-17-12-28-20(33-17)18-8-7-10-27-19(18)32-22(25)26/h7-8,12,16,22,27H,9-11,13-15H2,1-4H3,(H,30,31). The van der Waals surface area contributed by atoms with Crippen LogP contribution in [-0.4, -0.2) is 47.2 Å². The van der Waals surface area contributed by atoms with E-state index in [1.54, 1.807) is 19.2 Å². The number of aromatic nitrogens is 1. The fraction of sp³-hybridized carbons (Fsp3) is 0.583. The molecule has 9 heteroatoms. The maximum atomic E-state index is 12.8. The van der Waals surface area contributed by atoms with E-state index in [1.807, 2.05) is 6.08 Å². The monoisotopic (exact) mass is 479 g/mol. The summed E-state index contributed by atoms with van der Waals surface area (Å²) >= 11 is 1.40. The summed E-state index contributed by atoms with van der Waals surface area (Å²) in [6.45, 7) is 7.35. The number of ether oxygens (including phenoxy) is 1. The molecule has 0 amide bonds. The average molecular weight is 480 g/mol. The molecule has 1 saturated heterocycles. The maximum Gasteiger partial charge on any atom is 0.388 e. The van der Waals surface area contributed by atoms with Crippen molar-refractivity contribution in [3.8, 4) is 11.8 Å². The summed E-state index contributed by atoms with van der Waals surface area (Å²) in [6, 6.07) is 0. The van der Waals surface area contributed by atoms with Gasteiger partial charge in [-0.1, -0.05) is 26.8 Å². The van der Waals surface area contributed by atoms with Gasteiger partial charge in [0.2, 0.25) is 5.88 Å². The number of hydrogen-bond acceptors (Lipinski definition) is 6. The van der Waals surface area contributed by atoms with Crippen LogP contribution in [0.3, 0.4) is 0 Å². The number of carboxylic acids is 1. The molecule has 0 radical (unpaired) electrons. The third kappa shape index (κ3) is 6.12. The molecule has 0 aromatic carbocycles. The summed E-state index contributed by atoms with van der Waals surface area (Å²) in [4.78, 5) is 19.9. The van der Waals surface area contributed by atoms with Crippen LogP contribution < -0.4 is 5.32 Å². The predicted molar refractivity (Wildman–Crippen MR) is 124 cm³/mol. The number of allylic oxidation sites excluding steroid dienone is 2. The first kappa shape index (κ1) is 25.2. The van der Waals surface area contributed by atoms with Crippen LogP contribution in [0.1, 0.15) is 50.4 Å². The number of piperidine rings is 1. The topological polar surface area (TPSA) is 74.7 Å². The molecule has 2 aliphatic heterocycles. The number of dihydropyridines is 1. The minimum Gasteiger partial charge on any atom is -0.481 e. The number of nitrogens with zero attached hydrogens (tertiary/aromatic N) is 2. The zero-order valence-electron chi connectivity index (χ0n) is 19.5. The van der Waals surface area contributed by atoms with Crippen LogP contribution in [0, 0.1) is 28.6 Å². The predicted octanol–water partition coefficient (Wildman–Crippen LogP) is 4.56. The van der Waals surface area contributed by atoms with E-state index < -0.39 is 18.0 Å². The van der Waals surface area contributed by atoms with E-state index in [0.717, 1.165) is 11.4 Å². The summed E-state index contributed by atoms with van der Waals surface area (Å²) in [5, 5.41) is 13.6. The van der Waals surface area contributed by atoms with Gasteiger partial charge < -0.3 is 15.2 Å². The second-order valence-electron chi connectivity index (χ2n) is 9.66. The molecule has 0 spiro atoms. The number of thiazole rings is 1. The summed E-state index contributed by atoms with van der Waals surface area (Å²) in [5.74, 6) is 5.24. The molecule has 1 fully saturated rings. The van der Waals surface area contributed by atoms with Gasteiger partial charge in [0.05, 0.1) is 11.0 Å². The van der Waals surface area contributed by atoms with Gasteiger partial charge >= 0.3 is 12.6 Å². The van der Waals surface area contributed by atoms with E-state index >= 15 is 0 Å². The van der Waals surface area contributed by atoms with Crippen molar-refractivity contribution in [2.75, 3.05) is 19.6 Å². The van der Waals surface area contributed by atoms with Crippen LogP contribution in [0.25, 0.3) is 5.57 Å². The normalized spacial score (nSPS) is 23.8. The van der Waals surface area contributed by atoms with Gasteiger partial charge in [0, 0.05) is 43.7 Å². The number of halogens is 2. The Morgan fingerprint density at radius 1 is 1.48 bits per heavy atom. The molecule has 2 atom stereocenters. The van der Waals surface area contributed by atoms with Crippen LogP contribution >= 0.6 is 11.3 Å². The molecule has 1 aromatic rings. The Balaban J connectivity index is 1.85. The molecule has 6 nitrogen and oxygen atoms in total. The largest absolute Gasteiger partial charge is 0.481 e. The Morgan fingerprint density at radius 2 is 2.24 bits per heavy atom. The van der Waals surface area contributed by atoms with Gasteiger partial charge in [0.1, 0.15) is 5.01 Å². The van der Waals surface area contributed by atoms with Gasteiger partial charge in [-0.2, -0.15) is 8.78 Å². The lowest BCUT2D eigenvalue weighted by molar-refractivity contribution is -0.155. The fourth-order valence-electron chi connectivity index (χ4n) is 4.31. The zero-order valence-corrected chi connectivity index (χ0v) is 20.3. The van der Waals surface area contributed by atoms with Gasteiger partial charge in [-0.25, -0.2) is 4.98 Å². The molecule has 1 aromatic heterocycles. The lowest BCUT2D eigenvalue weighted by atomic mass is 9.66. The lowest BCUT2D eigenvalue weighted by Gasteiger charge is -2.47. The van der Waals surface area contributed by atoms with E-state index in [2.05, 4.69) is 52.5 Å². The summed E-state index contributed by atoms with van der Waals surface area (Å²) < 4.78 is 30.2. The molecule has 0 saturated carbocycles. The van der Waals surface area contributed by atoms with E-state index in [4.69, 9.17) is 0 Å². The van der Waals surface area contributed by atoms with E-state index in [1.165, 1.54) is 11.3 Å². The highest BCUT2D eigenvalue weighted by Gasteiger charge is 2.48. The Labute approximate surface area is 197 Å². The highest BCUT2D eigenvalue weighted by molar-refractivity contribution is 7.12. The van der Waals surface area contributed by atoms with Crippen molar-refractivity contribution < 1.29 is 23.4 Å². The first-order chi connectivity index (χ1) is 15.5. The molecule has 33 heavy (non-hydrogen) atoms. The Kier molecular flexibility index (Phi) is 7.80. The van der Waals surface area contributed by atoms with Crippen molar-refractivity contribution in [2.24, 2.45) is 16.7 Å². The number of hydrogen-bond donors (Lipinski definition) is 2. The SMILES string of the molecule is CC#CCC1(C(=O)O)CC(C(C)(C)C)CN(Cc2cnc(C3=C(OC(F)F)NCC=C3)s2)C1. The Bertz CT molecular complexity index is 987. The van der Waals surface area contributed by atoms with Crippen molar-refractivity contribution in [3.63, 3.8) is 0 Å². The molecular weight excluding hydrogens is 448 g/mol. The molecule has 3 heterocycles. The molecule has 2 aliphatic rings. The molecular formula is C24H31F2N3O3S. The number of carboxylic acid groups (broad SMARTS) is 1. The van der Waals surface area contributed by atoms with Crippen molar-refractivity contribution >= 4 is 22.9 Å². The van der Waals surface area contributed by atoms with Gasteiger partial charge in [-0.3, -0.25) is 9.69 Å². The first-order valence-corrected chi connectivity index (χ1v) is 11.8. The fourth-order valence-corrected chi connectivity index (χ4v) is 5.29. The molecule has 0 aliphatic carbocycles. The van der Waals surface area contributed by atoms with Crippen LogP contribution in [-0.2, 0) is 16.1 Å². The van der Waals surface area contributed by atoms with Gasteiger partial charge in [0.15, 0.2) is 0 Å². The summed E-state index contributed by atoms with van der Waals surface area (Å²) in [7, 11) is 0. The molecule has 0 bridgehead atoms. The Morgan fingerprint density at radius 3 is 2.88 bits per heavy atom. The second-order valence-corrected chi connectivity index (χ2v) is 10.8. The van der Waals surface area contributed by atoms with Gasteiger partial charge in [-0.15, -0.1) is 23.2 Å². The minimum absolute atomic E-state index is 0.0159. The van der Waals surface area contributed by atoms with E-state index in [9.17, 15) is 18.7 Å². The quantitative estimate of drug-likeness (QED) is 0.559. The van der Waals surface area contributed by atoms with Gasteiger partial charge in [-0.05, 0) is 30.8 Å². The number of rotatable bonds is 7. The summed E-state index contributed by atoms with van der Waals surface area (Å²) in [6.07, 6.45) is 6.18. The second kappa shape index (κ2) is 10.2. The first-order valence-electron chi connectivity index (χ1n) is 10.9. The van der Waals surface area contributed by atoms with Crippen molar-refractivity contribution in [1.29, 1.82) is 0 Å². The average Bonchev–Trinajstić information content (AvgIpc) is 3.19. The molecule has 2 unspecified atom stereocenters. The van der Waals surface area contributed by atoms with Crippen LogP contribution in [0.15, 0.2) is 24.2 Å². The van der Waals surface area contributed by atoms with Crippen molar-refractivity contribution in [1.82, 2.24) is 15.2 Å². The lowest BCUT2D eigenvalue weighted by Crippen LogP contribution is -2.53. The zero-order chi connectivity index (χ0) is 24.2. The highest BCUT2D eigenvalue weighted by Crippen LogP contribution is 2.44. The third-order valence-corrected chi connectivity index (χ3v) is 7.22. The van der Waals surface area contributed by atoms with Crippen LogP contribution in [0.4, 0.5) is 8.78 Å². The molecule has 2 N–H and O–H groups in total. The van der Waals surface area contributed by atoms with Crippen LogP contribution in [0.5, 0.6) is 0 Å². The number of aliphatic carboxylic acids is 1. The van der Waals surface area contributed by atoms with Crippen molar-refractivity contribution in [3.05, 3.63) is 34.1 Å². The van der Waals surface area contributed by atoms with Crippen molar-refractivity contribution in [2.45, 2.75) is 53.7 Å². The van der Waals surface area contributed by atoms with Gasteiger partial charge in [0.25, 0.3) is 0 Å². The summed E-state index contributed by atoms with van der Waals surface area (Å²) in [5.41, 5.74) is -0.492. The number of likely N-dealkylation sites (tertiary alicyclic amines) is 1. The third-order valence-electron chi connectivity index (χ3n) is 6.20. The number of nitrogens with one attached hydrogen (secondary N) is 1. The molecule has 3 rings (SSSR count). The number of carbonyl (C=O) groups is 1.